The summed E-state index contributed by atoms with van der Waals surface area (Å²) in [6.07, 6.45) is -1.08. The van der Waals surface area contributed by atoms with Crippen molar-refractivity contribution in [2.24, 2.45) is 0 Å². The molecule has 0 atom stereocenters. The maximum Gasteiger partial charge on any atom is 0.543 e. The first kappa shape index (κ1) is 13.0. The van der Waals surface area contributed by atoms with Crippen molar-refractivity contribution in [2.75, 3.05) is 6.61 Å². The third-order valence-electron chi connectivity index (χ3n) is 1.73. The normalized spacial score (nSPS) is 9.53. The first-order valence-electron chi connectivity index (χ1n) is 4.92. The molecule has 0 saturated carbocycles. The zero-order chi connectivity index (χ0) is 12.7. The van der Waals surface area contributed by atoms with Crippen LogP contribution in [-0.4, -0.2) is 18.7 Å². The van der Waals surface area contributed by atoms with E-state index in [-0.39, 0.29) is 12.2 Å². The Morgan fingerprint density at radius 3 is 2.65 bits per heavy atom. The number of carbonyl (C=O) groups is 2. The molecular formula is C11H12O6. The molecule has 0 heterocycles. The van der Waals surface area contributed by atoms with E-state index in [1.165, 1.54) is 0 Å². The Morgan fingerprint density at radius 2 is 2.00 bits per heavy atom. The predicted molar refractivity (Wildman–Crippen MR) is 55.8 cm³/mol. The fourth-order valence-electron chi connectivity index (χ4n) is 1.04. The van der Waals surface area contributed by atoms with Gasteiger partial charge in [0.1, 0.15) is 0 Å². The summed E-state index contributed by atoms with van der Waals surface area (Å²) in [6, 6.07) is 6.67. The molecule has 0 spiro atoms. The molecule has 6 nitrogen and oxygen atoms in total. The van der Waals surface area contributed by atoms with Gasteiger partial charge < -0.3 is 4.74 Å². The molecule has 6 heteroatoms. The van der Waals surface area contributed by atoms with Crippen molar-refractivity contribution >= 4 is 12.1 Å². The van der Waals surface area contributed by atoms with Crippen molar-refractivity contribution in [1.82, 2.24) is 0 Å². The molecule has 0 aromatic heterocycles. The van der Waals surface area contributed by atoms with Gasteiger partial charge in [-0.3, -0.25) is 4.89 Å². The van der Waals surface area contributed by atoms with E-state index in [9.17, 15) is 9.59 Å². The van der Waals surface area contributed by atoms with Gasteiger partial charge in [-0.1, -0.05) is 17.7 Å². The van der Waals surface area contributed by atoms with Crippen LogP contribution < -0.4 is 0 Å². The Kier molecular flexibility index (Phi) is 4.96. The van der Waals surface area contributed by atoms with Crippen molar-refractivity contribution in [2.45, 2.75) is 13.8 Å². The molecule has 92 valence electrons. The summed E-state index contributed by atoms with van der Waals surface area (Å²) in [4.78, 5) is 30.3. The number of carbonyl (C=O) groups excluding carboxylic acids is 2. The van der Waals surface area contributed by atoms with E-state index in [4.69, 9.17) is 0 Å². The Bertz CT molecular complexity index is 401. The molecule has 1 rings (SSSR count). The smallest absolute Gasteiger partial charge is 0.433 e. The largest absolute Gasteiger partial charge is 0.543 e. The van der Waals surface area contributed by atoms with E-state index in [1.807, 2.05) is 13.0 Å². The highest BCUT2D eigenvalue weighted by Gasteiger charge is 2.11. The number of hydrogen-bond acceptors (Lipinski definition) is 6. The van der Waals surface area contributed by atoms with E-state index in [1.54, 1.807) is 25.1 Å². The number of benzene rings is 1. The quantitative estimate of drug-likeness (QED) is 0.456. The highest BCUT2D eigenvalue weighted by atomic mass is 17.5. The molecule has 1 aromatic rings. The minimum atomic E-state index is -1.08. The molecule has 0 unspecified atom stereocenters. The van der Waals surface area contributed by atoms with Gasteiger partial charge in [0.15, 0.2) is 0 Å². The van der Waals surface area contributed by atoms with E-state index in [0.717, 1.165) is 5.56 Å². The van der Waals surface area contributed by atoms with E-state index >= 15 is 0 Å². The van der Waals surface area contributed by atoms with Gasteiger partial charge in [-0.2, -0.15) is 0 Å². The molecule has 0 N–H and O–H groups in total. The van der Waals surface area contributed by atoms with Gasteiger partial charge in [-0.15, -0.1) is 0 Å². The van der Waals surface area contributed by atoms with Gasteiger partial charge in [0.05, 0.1) is 17.2 Å². The Morgan fingerprint density at radius 1 is 1.24 bits per heavy atom. The van der Waals surface area contributed by atoms with Crippen LogP contribution in [0.5, 0.6) is 0 Å². The van der Waals surface area contributed by atoms with E-state index in [0.29, 0.717) is 0 Å². The van der Waals surface area contributed by atoms with Crippen molar-refractivity contribution < 1.29 is 29.1 Å². The first-order valence-corrected chi connectivity index (χ1v) is 4.92. The number of aryl methyl sites for hydroxylation is 1. The topological polar surface area (TPSA) is 71.1 Å². The van der Waals surface area contributed by atoms with Gasteiger partial charge in [0.25, 0.3) is 0 Å². The summed E-state index contributed by atoms with van der Waals surface area (Å²) >= 11 is 0. The number of rotatable bonds is 4. The van der Waals surface area contributed by atoms with Crippen molar-refractivity contribution in [3.05, 3.63) is 35.4 Å². The summed E-state index contributed by atoms with van der Waals surface area (Å²) < 4.78 is 4.37. The maximum absolute atomic E-state index is 11.4. The fourth-order valence-corrected chi connectivity index (χ4v) is 1.04. The monoisotopic (exact) mass is 240 g/mol. The van der Waals surface area contributed by atoms with Gasteiger partial charge in [-0.25, -0.2) is 14.5 Å². The molecule has 0 radical (unpaired) electrons. The van der Waals surface area contributed by atoms with Gasteiger partial charge in [0.2, 0.25) is 0 Å². The first-order chi connectivity index (χ1) is 8.13. The van der Waals surface area contributed by atoms with Crippen molar-refractivity contribution in [1.29, 1.82) is 0 Å². The van der Waals surface area contributed by atoms with E-state index < -0.39 is 12.1 Å². The predicted octanol–water partition coefficient (Wildman–Crippen LogP) is 2.17. The van der Waals surface area contributed by atoms with Crippen LogP contribution in [0.1, 0.15) is 22.8 Å². The highest BCUT2D eigenvalue weighted by Crippen LogP contribution is 2.06. The highest BCUT2D eigenvalue weighted by molar-refractivity contribution is 5.89. The lowest BCUT2D eigenvalue weighted by atomic mass is 10.1. The van der Waals surface area contributed by atoms with Crippen LogP contribution in [0, 0.1) is 6.92 Å². The lowest BCUT2D eigenvalue weighted by Crippen LogP contribution is -2.12. The Labute approximate surface area is 97.9 Å². The van der Waals surface area contributed by atoms with Crippen LogP contribution in [0.25, 0.3) is 0 Å². The van der Waals surface area contributed by atoms with Crippen molar-refractivity contribution in [3.8, 4) is 0 Å². The molecule has 0 aliphatic heterocycles. The molecule has 0 amide bonds. The minimum Gasteiger partial charge on any atom is -0.433 e. The number of hydrogen-bond donors (Lipinski definition) is 0. The second-order valence-electron chi connectivity index (χ2n) is 3.07. The standard InChI is InChI=1S/C11H12O6/c1-3-14-11(13)16-17-15-10(12)9-6-4-5-8(2)7-9/h4-7H,3H2,1-2H3. The zero-order valence-corrected chi connectivity index (χ0v) is 9.47. The molecule has 17 heavy (non-hydrogen) atoms. The summed E-state index contributed by atoms with van der Waals surface area (Å²) in [5.74, 6) is -0.766. The van der Waals surface area contributed by atoms with Crippen LogP contribution in [0.4, 0.5) is 4.79 Å². The van der Waals surface area contributed by atoms with Gasteiger partial charge in [-0.05, 0) is 26.0 Å². The maximum atomic E-state index is 11.4. The Hall–Kier alpha value is -2.08. The van der Waals surface area contributed by atoms with Crippen LogP contribution in [-0.2, 0) is 19.6 Å². The molecule has 0 bridgehead atoms. The summed E-state index contributed by atoms with van der Waals surface area (Å²) in [6.45, 7) is 3.56. The molecule has 1 aromatic carbocycles. The SMILES string of the molecule is CCOC(=O)OOOC(=O)c1cccc(C)c1. The third kappa shape index (κ3) is 4.52. The molecule has 0 aliphatic carbocycles. The zero-order valence-electron chi connectivity index (χ0n) is 9.47. The third-order valence-corrected chi connectivity index (χ3v) is 1.73. The lowest BCUT2D eigenvalue weighted by molar-refractivity contribution is -0.452. The second-order valence-corrected chi connectivity index (χ2v) is 3.07. The lowest BCUT2D eigenvalue weighted by Gasteiger charge is -2.02. The van der Waals surface area contributed by atoms with Crippen LogP contribution in [0.15, 0.2) is 24.3 Å². The summed E-state index contributed by atoms with van der Waals surface area (Å²) in [7, 11) is 0. The van der Waals surface area contributed by atoms with E-state index in [2.05, 4.69) is 19.6 Å². The van der Waals surface area contributed by atoms with Crippen molar-refractivity contribution in [3.63, 3.8) is 0 Å². The average molecular weight is 240 g/mol. The molecule has 0 fully saturated rings. The molecule has 0 saturated heterocycles. The minimum absolute atomic E-state index is 0.133. The van der Waals surface area contributed by atoms with Crippen LogP contribution >= 0.6 is 0 Å². The fraction of sp³-hybridized carbons (Fsp3) is 0.273. The molecular weight excluding hydrogens is 228 g/mol. The summed E-state index contributed by atoms with van der Waals surface area (Å²) in [5.41, 5.74) is 1.18. The van der Waals surface area contributed by atoms with Gasteiger partial charge >= 0.3 is 12.1 Å². The van der Waals surface area contributed by atoms with Gasteiger partial charge in [0, 0.05) is 0 Å². The number of ether oxygens (including phenoxy) is 1. The van der Waals surface area contributed by atoms with Crippen LogP contribution in [0.3, 0.4) is 0 Å². The second kappa shape index (κ2) is 6.49. The average Bonchev–Trinajstić information content (AvgIpc) is 2.29. The summed E-state index contributed by atoms with van der Waals surface area (Å²) in [5, 5.41) is 3.98. The molecule has 0 aliphatic rings. The Balaban J connectivity index is 2.38. The van der Waals surface area contributed by atoms with Crippen LogP contribution in [0.2, 0.25) is 0 Å².